The molecule has 1 aromatic carbocycles. The van der Waals surface area contributed by atoms with Crippen molar-refractivity contribution in [3.63, 3.8) is 0 Å². The molecule has 0 aliphatic carbocycles. The summed E-state index contributed by atoms with van der Waals surface area (Å²) >= 11 is 0. The Kier molecular flexibility index (Phi) is 3.55. The predicted octanol–water partition coefficient (Wildman–Crippen LogP) is 1.98. The molecule has 5 heteroatoms. The molecule has 0 saturated heterocycles. The van der Waals surface area contributed by atoms with Crippen LogP contribution in [0.1, 0.15) is 21.6 Å². The van der Waals surface area contributed by atoms with Gasteiger partial charge in [-0.3, -0.25) is 4.79 Å². The Hall–Kier alpha value is -2.30. The molecular formula is C14H16N2O3. The zero-order valence-electron chi connectivity index (χ0n) is 11.4. The summed E-state index contributed by atoms with van der Waals surface area (Å²) in [6, 6.07) is 7.09. The van der Waals surface area contributed by atoms with E-state index in [0.717, 1.165) is 5.56 Å². The molecule has 1 aromatic heterocycles. The van der Waals surface area contributed by atoms with Gasteiger partial charge in [0, 0.05) is 13.1 Å². The molecule has 100 valence electrons. The number of nitrogens with zero attached hydrogens (tertiary/aromatic N) is 2. The van der Waals surface area contributed by atoms with Gasteiger partial charge < -0.3 is 9.47 Å². The van der Waals surface area contributed by atoms with Gasteiger partial charge in [0.05, 0.1) is 19.8 Å². The van der Waals surface area contributed by atoms with E-state index in [0.29, 0.717) is 22.9 Å². The third kappa shape index (κ3) is 2.45. The summed E-state index contributed by atoms with van der Waals surface area (Å²) in [7, 11) is 4.81. The number of hydrogen-bond acceptors (Lipinski definition) is 4. The van der Waals surface area contributed by atoms with Gasteiger partial charge in [-0.1, -0.05) is 11.6 Å². The minimum atomic E-state index is -0.181. The van der Waals surface area contributed by atoms with E-state index in [1.807, 2.05) is 13.0 Å². The molecule has 0 unspecified atom stereocenters. The largest absolute Gasteiger partial charge is 0.496 e. The smallest absolute Gasteiger partial charge is 0.217 e. The van der Waals surface area contributed by atoms with Gasteiger partial charge in [-0.15, -0.1) is 0 Å². The van der Waals surface area contributed by atoms with Crippen molar-refractivity contribution >= 4 is 5.78 Å². The van der Waals surface area contributed by atoms with Crippen molar-refractivity contribution in [1.29, 1.82) is 0 Å². The van der Waals surface area contributed by atoms with E-state index in [1.165, 1.54) is 4.68 Å². The Morgan fingerprint density at radius 1 is 1.21 bits per heavy atom. The van der Waals surface area contributed by atoms with Gasteiger partial charge in [0.1, 0.15) is 11.4 Å². The first-order valence-corrected chi connectivity index (χ1v) is 5.84. The first kappa shape index (κ1) is 13.1. The summed E-state index contributed by atoms with van der Waals surface area (Å²) in [5, 5.41) is 4.15. The Labute approximate surface area is 111 Å². The number of hydrogen-bond donors (Lipinski definition) is 0. The van der Waals surface area contributed by atoms with Gasteiger partial charge in [-0.05, 0) is 19.1 Å². The maximum absolute atomic E-state index is 12.4. The summed E-state index contributed by atoms with van der Waals surface area (Å²) in [4.78, 5) is 12.4. The Balaban J connectivity index is 2.46. The van der Waals surface area contributed by atoms with Crippen LogP contribution in [0.5, 0.6) is 11.6 Å². The molecule has 19 heavy (non-hydrogen) atoms. The number of rotatable bonds is 4. The fraction of sp³-hybridized carbons (Fsp3) is 0.286. The normalized spacial score (nSPS) is 10.3. The van der Waals surface area contributed by atoms with Crippen LogP contribution in [0.25, 0.3) is 0 Å². The van der Waals surface area contributed by atoms with Gasteiger partial charge in [0.2, 0.25) is 11.7 Å². The highest BCUT2D eigenvalue weighted by atomic mass is 16.5. The van der Waals surface area contributed by atoms with Crippen molar-refractivity contribution in [2.24, 2.45) is 7.05 Å². The molecule has 0 bridgehead atoms. The molecule has 2 rings (SSSR count). The summed E-state index contributed by atoms with van der Waals surface area (Å²) in [5.74, 6) is 0.898. The van der Waals surface area contributed by atoms with Crippen LogP contribution in [-0.4, -0.2) is 29.8 Å². The van der Waals surface area contributed by atoms with Gasteiger partial charge in [-0.25, -0.2) is 4.68 Å². The summed E-state index contributed by atoms with van der Waals surface area (Å²) in [6.45, 7) is 1.93. The predicted molar refractivity (Wildman–Crippen MR) is 70.9 cm³/mol. The maximum Gasteiger partial charge on any atom is 0.217 e. The summed E-state index contributed by atoms with van der Waals surface area (Å²) in [6.07, 6.45) is 0. The van der Waals surface area contributed by atoms with Crippen LogP contribution in [-0.2, 0) is 7.05 Å². The minimum Gasteiger partial charge on any atom is -0.496 e. The first-order valence-electron chi connectivity index (χ1n) is 5.84. The van der Waals surface area contributed by atoms with Crippen molar-refractivity contribution in [3.8, 4) is 11.6 Å². The zero-order valence-corrected chi connectivity index (χ0v) is 11.4. The van der Waals surface area contributed by atoms with Crippen LogP contribution in [0.15, 0.2) is 24.3 Å². The molecule has 0 aliphatic heterocycles. The average Bonchev–Trinajstić information content (AvgIpc) is 2.79. The number of carbonyl (C=O) groups excluding carboxylic acids is 1. The highest BCUT2D eigenvalue weighted by Gasteiger charge is 2.19. The molecule has 0 radical (unpaired) electrons. The second kappa shape index (κ2) is 5.14. The van der Waals surface area contributed by atoms with Crippen LogP contribution in [0.4, 0.5) is 0 Å². The van der Waals surface area contributed by atoms with Crippen LogP contribution >= 0.6 is 0 Å². The lowest BCUT2D eigenvalue weighted by Gasteiger charge is -2.07. The Morgan fingerprint density at radius 3 is 2.53 bits per heavy atom. The van der Waals surface area contributed by atoms with Crippen molar-refractivity contribution in [2.75, 3.05) is 14.2 Å². The minimum absolute atomic E-state index is 0.181. The van der Waals surface area contributed by atoms with Crippen molar-refractivity contribution in [2.45, 2.75) is 6.92 Å². The highest BCUT2D eigenvalue weighted by Crippen LogP contribution is 2.23. The van der Waals surface area contributed by atoms with Gasteiger partial charge >= 0.3 is 0 Å². The van der Waals surface area contributed by atoms with E-state index < -0.39 is 0 Å². The van der Waals surface area contributed by atoms with Crippen molar-refractivity contribution in [3.05, 3.63) is 41.1 Å². The lowest BCUT2D eigenvalue weighted by atomic mass is 10.0. The molecule has 0 fully saturated rings. The van der Waals surface area contributed by atoms with Gasteiger partial charge in [0.25, 0.3) is 0 Å². The van der Waals surface area contributed by atoms with Gasteiger partial charge in [0.15, 0.2) is 0 Å². The van der Waals surface area contributed by atoms with Gasteiger partial charge in [-0.2, -0.15) is 5.10 Å². The fourth-order valence-corrected chi connectivity index (χ4v) is 1.89. The number of benzene rings is 1. The highest BCUT2D eigenvalue weighted by molar-refractivity contribution is 6.09. The number of ketones is 1. The molecular weight excluding hydrogens is 244 g/mol. The second-order valence-electron chi connectivity index (χ2n) is 4.23. The standard InChI is InChI=1S/C14H16N2O3/c1-9-5-6-12(18-3)10(7-9)14(17)11-8-13(19-4)16(2)15-11/h5-8H,1-4H3. The Morgan fingerprint density at radius 2 is 1.95 bits per heavy atom. The van der Waals surface area contributed by atoms with E-state index in [1.54, 1.807) is 39.5 Å². The lowest BCUT2D eigenvalue weighted by Crippen LogP contribution is -2.06. The van der Waals surface area contributed by atoms with Crippen LogP contribution < -0.4 is 9.47 Å². The molecule has 0 aliphatic rings. The van der Waals surface area contributed by atoms with E-state index in [4.69, 9.17) is 9.47 Å². The molecule has 0 spiro atoms. The molecule has 0 amide bonds. The van der Waals surface area contributed by atoms with E-state index in [9.17, 15) is 4.79 Å². The fourth-order valence-electron chi connectivity index (χ4n) is 1.89. The quantitative estimate of drug-likeness (QED) is 0.789. The van der Waals surface area contributed by atoms with Crippen LogP contribution in [0.3, 0.4) is 0 Å². The van der Waals surface area contributed by atoms with Crippen molar-refractivity contribution in [1.82, 2.24) is 9.78 Å². The number of aryl methyl sites for hydroxylation is 2. The lowest BCUT2D eigenvalue weighted by molar-refractivity contribution is 0.103. The van der Waals surface area contributed by atoms with E-state index in [2.05, 4.69) is 5.10 Å². The summed E-state index contributed by atoms with van der Waals surface area (Å²) in [5.41, 5.74) is 1.83. The van der Waals surface area contributed by atoms with E-state index in [-0.39, 0.29) is 5.78 Å². The zero-order chi connectivity index (χ0) is 14.0. The average molecular weight is 260 g/mol. The first-order chi connectivity index (χ1) is 9.06. The molecule has 2 aromatic rings. The molecule has 0 saturated carbocycles. The number of ether oxygens (including phenoxy) is 2. The number of methoxy groups -OCH3 is 2. The summed E-state index contributed by atoms with van der Waals surface area (Å²) < 4.78 is 11.9. The molecule has 0 N–H and O–H groups in total. The SMILES string of the molecule is COc1ccc(C)cc1C(=O)c1cc(OC)n(C)n1. The van der Waals surface area contributed by atoms with Crippen LogP contribution in [0, 0.1) is 6.92 Å². The number of carbonyl (C=O) groups is 1. The third-order valence-corrected chi connectivity index (χ3v) is 2.88. The van der Waals surface area contributed by atoms with Crippen molar-refractivity contribution < 1.29 is 14.3 Å². The third-order valence-electron chi connectivity index (χ3n) is 2.88. The molecule has 1 heterocycles. The Bertz CT molecular complexity index is 617. The monoisotopic (exact) mass is 260 g/mol. The topological polar surface area (TPSA) is 53.4 Å². The molecule has 0 atom stereocenters. The maximum atomic E-state index is 12.4. The second-order valence-corrected chi connectivity index (χ2v) is 4.23. The van der Waals surface area contributed by atoms with Crippen LogP contribution in [0.2, 0.25) is 0 Å². The molecule has 5 nitrogen and oxygen atoms in total. The van der Waals surface area contributed by atoms with E-state index >= 15 is 0 Å². The number of aromatic nitrogens is 2.